The van der Waals surface area contributed by atoms with Gasteiger partial charge in [-0.25, -0.2) is 9.18 Å². The number of carbonyl (C=O) groups is 1. The molecule has 0 amide bonds. The number of rotatable bonds is 2. The highest BCUT2D eigenvalue weighted by Crippen LogP contribution is 2.17. The fraction of sp³-hybridized carbons (Fsp3) is 0. The van der Waals surface area contributed by atoms with E-state index in [4.69, 9.17) is 10.5 Å². The van der Waals surface area contributed by atoms with Crippen molar-refractivity contribution in [1.29, 1.82) is 0 Å². The molecule has 0 radical (unpaired) electrons. The molecule has 5 nitrogen and oxygen atoms in total. The lowest BCUT2D eigenvalue weighted by Crippen LogP contribution is -2.11. The number of anilines is 1. The Morgan fingerprint density at radius 1 is 1.50 bits per heavy atom. The fourth-order valence-corrected chi connectivity index (χ4v) is 1.45. The van der Waals surface area contributed by atoms with E-state index in [2.05, 4.69) is 9.59 Å². The molecule has 1 heterocycles. The molecule has 7 heteroatoms. The van der Waals surface area contributed by atoms with Gasteiger partial charge in [0.05, 0.1) is 0 Å². The zero-order chi connectivity index (χ0) is 11.5. The summed E-state index contributed by atoms with van der Waals surface area (Å²) in [4.78, 5) is 11.5. The van der Waals surface area contributed by atoms with Crippen LogP contribution in [0.4, 0.5) is 9.39 Å². The average molecular weight is 239 g/mol. The van der Waals surface area contributed by atoms with Gasteiger partial charge in [0.1, 0.15) is 16.6 Å². The van der Waals surface area contributed by atoms with E-state index < -0.39 is 11.8 Å². The minimum Gasteiger partial charge on any atom is -0.422 e. The number of benzene rings is 1. The van der Waals surface area contributed by atoms with Crippen LogP contribution in [-0.4, -0.2) is 15.6 Å². The van der Waals surface area contributed by atoms with E-state index in [9.17, 15) is 9.18 Å². The molecule has 0 spiro atoms. The Balaban J connectivity index is 2.17. The third-order valence-electron chi connectivity index (χ3n) is 1.71. The van der Waals surface area contributed by atoms with Crippen LogP contribution in [0.2, 0.25) is 0 Å². The molecule has 2 N–H and O–H groups in total. The molecule has 2 aromatic rings. The monoisotopic (exact) mass is 239 g/mol. The minimum atomic E-state index is -0.753. The van der Waals surface area contributed by atoms with Crippen LogP contribution in [0, 0.1) is 5.82 Å². The van der Waals surface area contributed by atoms with Crippen molar-refractivity contribution < 1.29 is 13.9 Å². The molecule has 0 fully saturated rings. The zero-order valence-corrected chi connectivity index (χ0v) is 8.70. The highest BCUT2D eigenvalue weighted by atomic mass is 32.1. The van der Waals surface area contributed by atoms with E-state index in [1.165, 1.54) is 18.2 Å². The van der Waals surface area contributed by atoms with Gasteiger partial charge in [-0.1, -0.05) is 10.6 Å². The van der Waals surface area contributed by atoms with Gasteiger partial charge in [-0.05, 0) is 12.1 Å². The van der Waals surface area contributed by atoms with Gasteiger partial charge in [-0.15, -0.1) is 5.10 Å². The molecule has 0 unspecified atom stereocenters. The van der Waals surface area contributed by atoms with E-state index >= 15 is 0 Å². The molecule has 0 aliphatic carbocycles. The first-order chi connectivity index (χ1) is 7.66. The Morgan fingerprint density at radius 3 is 2.94 bits per heavy atom. The van der Waals surface area contributed by atoms with Crippen LogP contribution in [0.5, 0.6) is 5.75 Å². The third kappa shape index (κ3) is 2.14. The molecule has 16 heavy (non-hydrogen) atoms. The highest BCUT2D eigenvalue weighted by molar-refractivity contribution is 7.10. The number of carbonyl (C=O) groups excluding carboxylic acids is 1. The predicted octanol–water partition coefficient (Wildman–Crippen LogP) is 1.48. The molecule has 0 saturated carbocycles. The number of halogens is 1. The number of nitrogens with zero attached hydrogens (tertiary/aromatic N) is 2. The molecule has 0 atom stereocenters. The molecule has 82 valence electrons. The van der Waals surface area contributed by atoms with Gasteiger partial charge in [-0.3, -0.25) is 0 Å². The van der Waals surface area contributed by atoms with Crippen molar-refractivity contribution in [1.82, 2.24) is 9.59 Å². The predicted molar refractivity (Wildman–Crippen MR) is 55.7 cm³/mol. The largest absolute Gasteiger partial charge is 0.422 e. The smallest absolute Gasteiger partial charge is 0.367 e. The zero-order valence-electron chi connectivity index (χ0n) is 7.88. The number of nitrogens with two attached hydrogens (primary N) is 1. The molecular weight excluding hydrogens is 233 g/mol. The summed E-state index contributed by atoms with van der Waals surface area (Å²) < 4.78 is 21.2. The fourth-order valence-electron chi connectivity index (χ4n) is 1.03. The summed E-state index contributed by atoms with van der Waals surface area (Å²) in [7, 11) is 0. The van der Waals surface area contributed by atoms with Gasteiger partial charge in [0.25, 0.3) is 0 Å². The summed E-state index contributed by atoms with van der Waals surface area (Å²) in [5.41, 5.74) is 5.38. The first kappa shape index (κ1) is 10.5. The van der Waals surface area contributed by atoms with Crippen molar-refractivity contribution in [2.24, 2.45) is 0 Å². The lowest BCUT2D eigenvalue weighted by atomic mass is 10.3. The summed E-state index contributed by atoms with van der Waals surface area (Å²) >= 11 is 0.888. The molecular formula is C9H6FN3O2S. The first-order valence-corrected chi connectivity index (χ1v) is 5.00. The summed E-state index contributed by atoms with van der Waals surface area (Å²) in [6.45, 7) is 0. The van der Waals surface area contributed by atoms with Gasteiger partial charge in [0, 0.05) is 17.6 Å². The van der Waals surface area contributed by atoms with Crippen LogP contribution in [0.3, 0.4) is 0 Å². The molecule has 0 bridgehead atoms. The molecule has 1 aromatic heterocycles. The van der Waals surface area contributed by atoms with Crippen molar-refractivity contribution in [3.63, 3.8) is 0 Å². The summed E-state index contributed by atoms with van der Waals surface area (Å²) in [5, 5.41) is 3.68. The number of nitrogen functional groups attached to an aromatic ring is 1. The maximum absolute atomic E-state index is 12.8. The maximum Gasteiger partial charge on any atom is 0.367 e. The Labute approximate surface area is 93.8 Å². The maximum atomic E-state index is 12.8. The van der Waals surface area contributed by atoms with Gasteiger partial charge in [0.15, 0.2) is 0 Å². The molecule has 0 saturated heterocycles. The van der Waals surface area contributed by atoms with Crippen molar-refractivity contribution in [3.05, 3.63) is 35.8 Å². The number of hydrogen-bond donors (Lipinski definition) is 1. The quantitative estimate of drug-likeness (QED) is 0.634. The second-order valence-electron chi connectivity index (χ2n) is 2.83. The van der Waals surface area contributed by atoms with Crippen LogP contribution in [-0.2, 0) is 0 Å². The van der Waals surface area contributed by atoms with Crippen LogP contribution < -0.4 is 10.5 Å². The normalized spacial score (nSPS) is 10.1. The number of ether oxygens (including phenoxy) is 1. The Kier molecular flexibility index (Phi) is 2.78. The highest BCUT2D eigenvalue weighted by Gasteiger charge is 2.16. The lowest BCUT2D eigenvalue weighted by Gasteiger charge is -2.01. The standard InChI is InChI=1S/C9H6FN3O2S/c10-5-2-1-3-6(4-5)15-9(14)7-8(11)16-13-12-7/h1-4H,11H2. The average Bonchev–Trinajstić information content (AvgIpc) is 2.64. The molecule has 1 aromatic carbocycles. The van der Waals surface area contributed by atoms with Gasteiger partial charge >= 0.3 is 5.97 Å². The van der Waals surface area contributed by atoms with E-state index in [1.807, 2.05) is 0 Å². The second-order valence-corrected chi connectivity index (χ2v) is 3.62. The first-order valence-electron chi connectivity index (χ1n) is 4.22. The second kappa shape index (κ2) is 4.23. The van der Waals surface area contributed by atoms with Crippen LogP contribution >= 0.6 is 11.5 Å². The van der Waals surface area contributed by atoms with Crippen molar-refractivity contribution in [2.75, 3.05) is 5.73 Å². The Hall–Kier alpha value is -2.02. The minimum absolute atomic E-state index is 0.0609. The summed E-state index contributed by atoms with van der Waals surface area (Å²) in [6, 6.07) is 5.22. The van der Waals surface area contributed by atoms with Crippen molar-refractivity contribution in [3.8, 4) is 5.75 Å². The van der Waals surface area contributed by atoms with E-state index in [0.29, 0.717) is 0 Å². The van der Waals surface area contributed by atoms with Crippen LogP contribution in [0.15, 0.2) is 24.3 Å². The number of aromatic nitrogens is 2. The van der Waals surface area contributed by atoms with Crippen molar-refractivity contribution in [2.45, 2.75) is 0 Å². The molecule has 0 aliphatic rings. The van der Waals surface area contributed by atoms with Gasteiger partial charge in [-0.2, -0.15) is 0 Å². The van der Waals surface area contributed by atoms with E-state index in [-0.39, 0.29) is 16.4 Å². The third-order valence-corrected chi connectivity index (χ3v) is 2.27. The van der Waals surface area contributed by atoms with E-state index in [0.717, 1.165) is 17.6 Å². The summed E-state index contributed by atoms with van der Waals surface area (Å²) in [6.07, 6.45) is 0. The topological polar surface area (TPSA) is 78.1 Å². The SMILES string of the molecule is Nc1snnc1C(=O)Oc1cccc(F)c1. The Morgan fingerprint density at radius 2 is 2.31 bits per heavy atom. The van der Waals surface area contributed by atoms with Crippen LogP contribution in [0.25, 0.3) is 0 Å². The van der Waals surface area contributed by atoms with Crippen molar-refractivity contribution >= 4 is 22.5 Å². The molecule has 0 aliphatic heterocycles. The van der Waals surface area contributed by atoms with E-state index in [1.54, 1.807) is 0 Å². The van der Waals surface area contributed by atoms with Gasteiger partial charge < -0.3 is 10.5 Å². The van der Waals surface area contributed by atoms with Gasteiger partial charge in [0.2, 0.25) is 5.69 Å². The number of hydrogen-bond acceptors (Lipinski definition) is 6. The molecule has 2 rings (SSSR count). The Bertz CT molecular complexity index is 529. The summed E-state index contributed by atoms with van der Waals surface area (Å²) in [5.74, 6) is -1.15. The van der Waals surface area contributed by atoms with Crippen LogP contribution in [0.1, 0.15) is 10.5 Å². The lowest BCUT2D eigenvalue weighted by molar-refractivity contribution is 0.0729. The number of esters is 1.